The molecule has 2 atom stereocenters. The highest BCUT2D eigenvalue weighted by atomic mass is 16.4. The first-order valence-electron chi connectivity index (χ1n) is 5.50. The van der Waals surface area contributed by atoms with Crippen LogP contribution < -0.4 is 5.73 Å². The molecule has 6 heteroatoms. The zero-order valence-electron chi connectivity index (χ0n) is 9.46. The van der Waals surface area contributed by atoms with Gasteiger partial charge in [0.15, 0.2) is 5.84 Å². The molecule has 1 saturated heterocycles. The SMILES string of the molecule is CC(C(=O)N1CCCCC1CO)C(N)=NO. The monoisotopic (exact) mass is 229 g/mol. The van der Waals surface area contributed by atoms with Crippen LogP contribution in [0.25, 0.3) is 0 Å². The Morgan fingerprint density at radius 1 is 1.62 bits per heavy atom. The van der Waals surface area contributed by atoms with E-state index >= 15 is 0 Å². The number of rotatable bonds is 3. The van der Waals surface area contributed by atoms with Crippen molar-refractivity contribution in [2.75, 3.05) is 13.2 Å². The van der Waals surface area contributed by atoms with E-state index in [1.54, 1.807) is 11.8 Å². The van der Waals surface area contributed by atoms with Gasteiger partial charge in [0, 0.05) is 6.54 Å². The van der Waals surface area contributed by atoms with Gasteiger partial charge in [-0.25, -0.2) is 0 Å². The van der Waals surface area contributed by atoms with Crippen molar-refractivity contribution >= 4 is 11.7 Å². The third-order valence-corrected chi connectivity index (χ3v) is 3.05. The summed E-state index contributed by atoms with van der Waals surface area (Å²) in [4.78, 5) is 13.6. The quantitative estimate of drug-likeness (QED) is 0.269. The molecule has 2 unspecified atom stereocenters. The van der Waals surface area contributed by atoms with Crippen LogP contribution in [0.2, 0.25) is 0 Å². The van der Waals surface area contributed by atoms with Crippen LogP contribution in [0.3, 0.4) is 0 Å². The molecule has 0 bridgehead atoms. The Hall–Kier alpha value is -1.30. The molecule has 0 saturated carbocycles. The molecular weight excluding hydrogens is 210 g/mol. The van der Waals surface area contributed by atoms with E-state index < -0.39 is 5.92 Å². The third-order valence-electron chi connectivity index (χ3n) is 3.05. The molecule has 1 aliphatic rings. The summed E-state index contributed by atoms with van der Waals surface area (Å²) in [5.74, 6) is -0.918. The molecule has 16 heavy (non-hydrogen) atoms. The number of likely N-dealkylation sites (tertiary alicyclic amines) is 1. The summed E-state index contributed by atoms with van der Waals surface area (Å²) < 4.78 is 0. The van der Waals surface area contributed by atoms with Crippen molar-refractivity contribution in [3.63, 3.8) is 0 Å². The third kappa shape index (κ3) is 2.63. The summed E-state index contributed by atoms with van der Waals surface area (Å²) in [6, 6.07) is -0.129. The number of carbonyl (C=O) groups excluding carboxylic acids is 1. The molecule has 1 heterocycles. The molecule has 92 valence electrons. The zero-order valence-corrected chi connectivity index (χ0v) is 9.46. The van der Waals surface area contributed by atoms with E-state index in [-0.39, 0.29) is 24.4 Å². The van der Waals surface area contributed by atoms with Crippen molar-refractivity contribution in [3.05, 3.63) is 0 Å². The van der Waals surface area contributed by atoms with E-state index in [9.17, 15) is 9.90 Å². The maximum Gasteiger partial charge on any atom is 0.233 e. The number of hydrogen-bond donors (Lipinski definition) is 3. The second-order valence-corrected chi connectivity index (χ2v) is 4.11. The average molecular weight is 229 g/mol. The van der Waals surface area contributed by atoms with Gasteiger partial charge in [-0.2, -0.15) is 0 Å². The van der Waals surface area contributed by atoms with Crippen molar-refractivity contribution in [1.29, 1.82) is 0 Å². The first-order chi connectivity index (χ1) is 7.61. The molecule has 1 amide bonds. The zero-order chi connectivity index (χ0) is 12.1. The predicted molar refractivity (Wildman–Crippen MR) is 59.0 cm³/mol. The summed E-state index contributed by atoms with van der Waals surface area (Å²) in [5, 5.41) is 20.5. The van der Waals surface area contributed by atoms with Crippen molar-refractivity contribution in [2.24, 2.45) is 16.8 Å². The van der Waals surface area contributed by atoms with Crippen LogP contribution in [0, 0.1) is 5.92 Å². The normalized spacial score (nSPS) is 24.2. The number of aliphatic hydroxyl groups excluding tert-OH is 1. The highest BCUT2D eigenvalue weighted by Gasteiger charge is 2.30. The molecule has 1 fully saturated rings. The van der Waals surface area contributed by atoms with Gasteiger partial charge in [-0.1, -0.05) is 5.16 Å². The Morgan fingerprint density at radius 2 is 2.31 bits per heavy atom. The minimum atomic E-state index is -0.642. The first kappa shape index (κ1) is 12.8. The molecule has 1 rings (SSSR count). The minimum Gasteiger partial charge on any atom is -0.409 e. The molecule has 1 aliphatic heterocycles. The Balaban J connectivity index is 2.70. The van der Waals surface area contributed by atoms with Gasteiger partial charge >= 0.3 is 0 Å². The maximum atomic E-state index is 12.0. The Kier molecular flexibility index (Phi) is 4.54. The molecule has 0 aromatic rings. The smallest absolute Gasteiger partial charge is 0.233 e. The van der Waals surface area contributed by atoms with Crippen molar-refractivity contribution in [1.82, 2.24) is 4.90 Å². The van der Waals surface area contributed by atoms with Crippen LogP contribution in [0.5, 0.6) is 0 Å². The summed E-state index contributed by atoms with van der Waals surface area (Å²) >= 11 is 0. The standard InChI is InChI=1S/C10H19N3O3/c1-7(9(11)12-16)10(15)13-5-3-2-4-8(13)6-14/h7-8,14,16H,2-6H2,1H3,(H2,11,12). The van der Waals surface area contributed by atoms with Gasteiger partial charge in [0.2, 0.25) is 5.91 Å². The van der Waals surface area contributed by atoms with E-state index in [0.717, 1.165) is 19.3 Å². The van der Waals surface area contributed by atoms with E-state index in [2.05, 4.69) is 5.16 Å². The number of amides is 1. The summed E-state index contributed by atoms with van der Waals surface area (Å²) in [6.45, 7) is 2.20. The Morgan fingerprint density at radius 3 is 2.88 bits per heavy atom. The second-order valence-electron chi connectivity index (χ2n) is 4.11. The number of nitrogens with two attached hydrogens (primary N) is 1. The molecule has 0 aromatic carbocycles. The van der Waals surface area contributed by atoms with Crippen LogP contribution in [0.4, 0.5) is 0 Å². The van der Waals surface area contributed by atoms with E-state index in [1.807, 2.05) is 0 Å². The van der Waals surface area contributed by atoms with Crippen LogP contribution in [0.15, 0.2) is 5.16 Å². The minimum absolute atomic E-state index is 0.0331. The first-order valence-corrected chi connectivity index (χ1v) is 5.50. The number of aliphatic hydroxyl groups is 1. The van der Waals surface area contributed by atoms with E-state index in [1.165, 1.54) is 0 Å². The van der Waals surface area contributed by atoms with Gasteiger partial charge in [-0.05, 0) is 26.2 Å². The maximum absolute atomic E-state index is 12.0. The fourth-order valence-corrected chi connectivity index (χ4v) is 1.94. The fourth-order valence-electron chi connectivity index (χ4n) is 1.94. The lowest BCUT2D eigenvalue weighted by Crippen LogP contribution is -2.49. The molecular formula is C10H19N3O3. The van der Waals surface area contributed by atoms with Gasteiger partial charge in [0.05, 0.1) is 18.6 Å². The Bertz CT molecular complexity index is 280. The van der Waals surface area contributed by atoms with Crippen molar-refractivity contribution in [2.45, 2.75) is 32.2 Å². The van der Waals surface area contributed by atoms with Crippen LogP contribution in [-0.2, 0) is 4.79 Å². The number of piperidine rings is 1. The van der Waals surface area contributed by atoms with Gasteiger partial charge in [-0.3, -0.25) is 4.79 Å². The number of oxime groups is 1. The number of hydrogen-bond acceptors (Lipinski definition) is 4. The van der Waals surface area contributed by atoms with Crippen molar-refractivity contribution < 1.29 is 15.1 Å². The summed E-state index contributed by atoms with van der Waals surface area (Å²) in [5.41, 5.74) is 5.40. The highest BCUT2D eigenvalue weighted by Crippen LogP contribution is 2.19. The predicted octanol–water partition coefficient (Wildman–Crippen LogP) is -0.258. The molecule has 6 nitrogen and oxygen atoms in total. The average Bonchev–Trinajstić information content (AvgIpc) is 2.35. The topological polar surface area (TPSA) is 99.2 Å². The lowest BCUT2D eigenvalue weighted by Gasteiger charge is -2.36. The summed E-state index contributed by atoms with van der Waals surface area (Å²) in [7, 11) is 0. The summed E-state index contributed by atoms with van der Waals surface area (Å²) in [6.07, 6.45) is 2.77. The molecule has 4 N–H and O–H groups in total. The van der Waals surface area contributed by atoms with Crippen molar-refractivity contribution in [3.8, 4) is 0 Å². The van der Waals surface area contributed by atoms with Gasteiger partial charge in [0.25, 0.3) is 0 Å². The largest absolute Gasteiger partial charge is 0.409 e. The van der Waals surface area contributed by atoms with Gasteiger partial charge in [0.1, 0.15) is 0 Å². The molecule has 0 radical (unpaired) electrons. The second kappa shape index (κ2) is 5.69. The van der Waals surface area contributed by atoms with E-state index in [0.29, 0.717) is 6.54 Å². The van der Waals surface area contributed by atoms with Crippen LogP contribution >= 0.6 is 0 Å². The lowest BCUT2D eigenvalue weighted by atomic mass is 10.00. The number of carbonyl (C=O) groups is 1. The molecule has 0 aromatic heterocycles. The molecule has 0 aliphatic carbocycles. The van der Waals surface area contributed by atoms with Crippen LogP contribution in [-0.4, -0.2) is 46.1 Å². The number of nitrogens with zero attached hydrogens (tertiary/aromatic N) is 2. The van der Waals surface area contributed by atoms with Gasteiger partial charge < -0.3 is 20.9 Å². The Labute approximate surface area is 94.7 Å². The van der Waals surface area contributed by atoms with Crippen LogP contribution in [0.1, 0.15) is 26.2 Å². The fraction of sp³-hybridized carbons (Fsp3) is 0.800. The van der Waals surface area contributed by atoms with E-state index in [4.69, 9.17) is 10.9 Å². The molecule has 0 spiro atoms. The number of amidine groups is 1. The lowest BCUT2D eigenvalue weighted by molar-refractivity contribution is -0.137. The van der Waals surface area contributed by atoms with Gasteiger partial charge in [-0.15, -0.1) is 0 Å². The highest BCUT2D eigenvalue weighted by molar-refractivity contribution is 6.01.